The minimum atomic E-state index is -4.46. The maximum absolute atomic E-state index is 12.4. The normalized spacial score (nSPS) is 11.2. The Balaban J connectivity index is 1.70. The van der Waals surface area contributed by atoms with Gasteiger partial charge in [0.25, 0.3) is 0 Å². The molecule has 2 amide bonds. The van der Waals surface area contributed by atoms with E-state index in [4.69, 9.17) is 4.74 Å². The molecule has 2 aromatic rings. The molecule has 1 aromatic heterocycles. The number of nitrogens with zero attached hydrogens (tertiary/aromatic N) is 2. The molecule has 6 nitrogen and oxygen atoms in total. The second-order valence-electron chi connectivity index (χ2n) is 4.92. The summed E-state index contributed by atoms with van der Waals surface area (Å²) >= 11 is 0. The Kier molecular flexibility index (Phi) is 5.67. The Bertz CT molecular complexity index is 668. The van der Waals surface area contributed by atoms with Gasteiger partial charge in [0, 0.05) is 19.3 Å². The van der Waals surface area contributed by atoms with E-state index in [0.29, 0.717) is 6.54 Å². The molecule has 0 bridgehead atoms. The van der Waals surface area contributed by atoms with Gasteiger partial charge in [-0.1, -0.05) is 12.1 Å². The number of ether oxygens (including phenoxy) is 1. The Morgan fingerprint density at radius 3 is 2.50 bits per heavy atom. The lowest BCUT2D eigenvalue weighted by Gasteiger charge is -2.08. The number of methoxy groups -OCH3 is 1. The quantitative estimate of drug-likeness (QED) is 0.847. The Morgan fingerprint density at radius 2 is 1.92 bits per heavy atom. The number of rotatable bonds is 6. The van der Waals surface area contributed by atoms with Gasteiger partial charge in [-0.15, -0.1) is 0 Å². The number of hydrogen-bond donors (Lipinski definition) is 2. The second kappa shape index (κ2) is 7.71. The molecular weight excluding hydrogens is 325 g/mol. The highest BCUT2D eigenvalue weighted by Gasteiger charge is 2.33. The van der Waals surface area contributed by atoms with Gasteiger partial charge in [0.05, 0.1) is 13.7 Å². The first-order valence-electron chi connectivity index (χ1n) is 7.14. The number of benzene rings is 1. The van der Waals surface area contributed by atoms with Crippen molar-refractivity contribution in [2.45, 2.75) is 19.3 Å². The summed E-state index contributed by atoms with van der Waals surface area (Å²) in [5, 5.41) is 8.60. The standard InChI is InChI=1S/C15H17F3N4O2/c1-24-12-4-2-11(3-5-12)10-20-14(23)19-7-9-22-8-6-13(21-22)15(16,17)18/h2-6,8H,7,9-10H2,1H3,(H2,19,20,23). The maximum Gasteiger partial charge on any atom is 0.435 e. The molecule has 9 heteroatoms. The van der Waals surface area contributed by atoms with Crippen molar-refractivity contribution in [3.8, 4) is 5.75 Å². The van der Waals surface area contributed by atoms with Gasteiger partial charge in [-0.05, 0) is 23.8 Å². The SMILES string of the molecule is COc1ccc(CNC(=O)NCCn2ccc(C(F)(F)F)n2)cc1. The molecule has 0 saturated heterocycles. The largest absolute Gasteiger partial charge is 0.497 e. The van der Waals surface area contributed by atoms with Crippen molar-refractivity contribution in [2.75, 3.05) is 13.7 Å². The summed E-state index contributed by atoms with van der Waals surface area (Å²) < 4.78 is 43.4. The zero-order valence-electron chi connectivity index (χ0n) is 12.9. The predicted molar refractivity (Wildman–Crippen MR) is 80.5 cm³/mol. The summed E-state index contributed by atoms with van der Waals surface area (Å²) in [6.07, 6.45) is -3.24. The Hall–Kier alpha value is -2.71. The lowest BCUT2D eigenvalue weighted by molar-refractivity contribution is -0.141. The number of nitrogens with one attached hydrogen (secondary N) is 2. The van der Waals surface area contributed by atoms with E-state index in [1.165, 1.54) is 6.20 Å². The molecule has 2 rings (SSSR count). The van der Waals surface area contributed by atoms with Crippen LogP contribution in [-0.2, 0) is 19.3 Å². The second-order valence-corrected chi connectivity index (χ2v) is 4.92. The van der Waals surface area contributed by atoms with Gasteiger partial charge in [0.1, 0.15) is 5.75 Å². The highest BCUT2D eigenvalue weighted by atomic mass is 19.4. The maximum atomic E-state index is 12.4. The van der Waals surface area contributed by atoms with E-state index in [1.807, 2.05) is 12.1 Å². The number of carbonyl (C=O) groups excluding carboxylic acids is 1. The molecule has 130 valence electrons. The highest BCUT2D eigenvalue weighted by molar-refractivity contribution is 5.73. The van der Waals surface area contributed by atoms with Crippen LogP contribution in [0.4, 0.5) is 18.0 Å². The number of halogens is 3. The van der Waals surface area contributed by atoms with Crippen LogP contribution in [0.1, 0.15) is 11.3 Å². The molecular formula is C15H17F3N4O2. The minimum Gasteiger partial charge on any atom is -0.497 e. The molecule has 24 heavy (non-hydrogen) atoms. The predicted octanol–water partition coefficient (Wildman–Crippen LogP) is 2.41. The Labute approximate surface area is 136 Å². The monoisotopic (exact) mass is 342 g/mol. The summed E-state index contributed by atoms with van der Waals surface area (Å²) in [7, 11) is 1.57. The third kappa shape index (κ3) is 5.18. The van der Waals surface area contributed by atoms with Crippen LogP contribution in [0, 0.1) is 0 Å². The van der Waals surface area contributed by atoms with E-state index >= 15 is 0 Å². The Morgan fingerprint density at radius 1 is 1.21 bits per heavy atom. The van der Waals surface area contributed by atoms with E-state index in [0.717, 1.165) is 22.1 Å². The van der Waals surface area contributed by atoms with Crippen molar-refractivity contribution in [3.63, 3.8) is 0 Å². The average molecular weight is 342 g/mol. The van der Waals surface area contributed by atoms with E-state index in [-0.39, 0.29) is 13.1 Å². The molecule has 0 unspecified atom stereocenters. The zero-order valence-corrected chi connectivity index (χ0v) is 12.9. The van der Waals surface area contributed by atoms with Crippen molar-refractivity contribution in [3.05, 3.63) is 47.8 Å². The van der Waals surface area contributed by atoms with Crippen molar-refractivity contribution in [1.29, 1.82) is 0 Å². The summed E-state index contributed by atoms with van der Waals surface area (Å²) in [6, 6.07) is 7.69. The first-order valence-corrected chi connectivity index (χ1v) is 7.14. The van der Waals surface area contributed by atoms with Crippen molar-refractivity contribution in [1.82, 2.24) is 20.4 Å². The summed E-state index contributed by atoms with van der Waals surface area (Å²) in [6.45, 7) is 0.634. The summed E-state index contributed by atoms with van der Waals surface area (Å²) in [5.74, 6) is 0.723. The van der Waals surface area contributed by atoms with E-state index in [2.05, 4.69) is 15.7 Å². The molecule has 2 N–H and O–H groups in total. The first kappa shape index (κ1) is 17.6. The molecule has 0 fully saturated rings. The van der Waals surface area contributed by atoms with Crippen LogP contribution in [0.15, 0.2) is 36.5 Å². The lowest BCUT2D eigenvalue weighted by atomic mass is 10.2. The van der Waals surface area contributed by atoms with Crippen LogP contribution in [-0.4, -0.2) is 29.5 Å². The van der Waals surface area contributed by atoms with E-state index < -0.39 is 17.9 Å². The summed E-state index contributed by atoms with van der Waals surface area (Å²) in [5.41, 5.74) is -0.0562. The van der Waals surface area contributed by atoms with E-state index in [9.17, 15) is 18.0 Å². The van der Waals surface area contributed by atoms with Gasteiger partial charge in [0.15, 0.2) is 5.69 Å². The smallest absolute Gasteiger partial charge is 0.435 e. The van der Waals surface area contributed by atoms with Crippen LogP contribution < -0.4 is 15.4 Å². The molecule has 0 aliphatic heterocycles. The molecule has 1 aromatic carbocycles. The molecule has 0 aliphatic rings. The van der Waals surface area contributed by atoms with Gasteiger partial charge in [0.2, 0.25) is 0 Å². The number of hydrogen-bond acceptors (Lipinski definition) is 3. The molecule has 0 spiro atoms. The summed E-state index contributed by atoms with van der Waals surface area (Å²) in [4.78, 5) is 11.6. The van der Waals surface area contributed by atoms with E-state index in [1.54, 1.807) is 19.2 Å². The number of amides is 2. The lowest BCUT2D eigenvalue weighted by Crippen LogP contribution is -2.36. The van der Waals surface area contributed by atoms with Crippen molar-refractivity contribution >= 4 is 6.03 Å². The fourth-order valence-electron chi connectivity index (χ4n) is 1.91. The van der Waals surface area contributed by atoms with Gasteiger partial charge >= 0.3 is 12.2 Å². The van der Waals surface area contributed by atoms with Gasteiger partial charge in [-0.2, -0.15) is 18.3 Å². The number of urea groups is 1. The van der Waals surface area contributed by atoms with Crippen LogP contribution in [0.5, 0.6) is 5.75 Å². The fourth-order valence-corrected chi connectivity index (χ4v) is 1.91. The van der Waals surface area contributed by atoms with Crippen molar-refractivity contribution in [2.24, 2.45) is 0 Å². The van der Waals surface area contributed by atoms with Crippen LogP contribution in [0.25, 0.3) is 0 Å². The molecule has 0 radical (unpaired) electrons. The van der Waals surface area contributed by atoms with Crippen LogP contribution in [0.3, 0.4) is 0 Å². The van der Waals surface area contributed by atoms with Gasteiger partial charge in [-0.25, -0.2) is 4.79 Å². The first-order chi connectivity index (χ1) is 11.4. The van der Waals surface area contributed by atoms with Gasteiger partial charge < -0.3 is 15.4 Å². The molecule has 1 heterocycles. The van der Waals surface area contributed by atoms with Crippen LogP contribution >= 0.6 is 0 Å². The topological polar surface area (TPSA) is 68.2 Å². The third-order valence-electron chi connectivity index (χ3n) is 3.17. The van der Waals surface area contributed by atoms with Crippen LogP contribution in [0.2, 0.25) is 0 Å². The van der Waals surface area contributed by atoms with Gasteiger partial charge in [-0.3, -0.25) is 4.68 Å². The molecule has 0 saturated carbocycles. The average Bonchev–Trinajstić information content (AvgIpc) is 3.02. The number of aromatic nitrogens is 2. The molecule has 0 atom stereocenters. The number of carbonyl (C=O) groups is 1. The zero-order chi connectivity index (χ0) is 17.6. The minimum absolute atomic E-state index is 0.145. The fraction of sp³-hybridized carbons (Fsp3) is 0.333. The molecule has 0 aliphatic carbocycles. The third-order valence-corrected chi connectivity index (χ3v) is 3.17. The van der Waals surface area contributed by atoms with Crippen molar-refractivity contribution < 1.29 is 22.7 Å². The number of alkyl halides is 3. The highest BCUT2D eigenvalue weighted by Crippen LogP contribution is 2.27.